The van der Waals surface area contributed by atoms with Gasteiger partial charge in [-0.3, -0.25) is 14.3 Å². The minimum atomic E-state index is -4.79. The van der Waals surface area contributed by atoms with Gasteiger partial charge in [0, 0.05) is 30.9 Å². The van der Waals surface area contributed by atoms with E-state index in [1.807, 2.05) is 6.07 Å². The van der Waals surface area contributed by atoms with E-state index in [0.29, 0.717) is 38.0 Å². The lowest BCUT2D eigenvalue weighted by Crippen LogP contribution is -2.40. The number of pyridine rings is 1. The molecule has 2 fully saturated rings. The van der Waals surface area contributed by atoms with Crippen molar-refractivity contribution < 1.29 is 27.8 Å². The topological polar surface area (TPSA) is 100 Å². The van der Waals surface area contributed by atoms with Crippen LogP contribution < -0.4 is 10.4 Å². The predicted octanol–water partition coefficient (Wildman–Crippen LogP) is 4.51. The highest BCUT2D eigenvalue weighted by atomic mass is 19.4. The van der Waals surface area contributed by atoms with Crippen molar-refractivity contribution in [1.82, 2.24) is 19.4 Å². The van der Waals surface area contributed by atoms with E-state index in [1.165, 1.54) is 12.1 Å². The highest BCUT2D eigenvalue weighted by Crippen LogP contribution is 2.33. The number of hydrogen-bond acceptors (Lipinski definition) is 5. The third-order valence-electron chi connectivity index (χ3n) is 7.41. The number of carbonyl (C=O) groups excluding carboxylic acids is 1. The molecule has 2 aromatic heterocycles. The van der Waals surface area contributed by atoms with Gasteiger partial charge in [0.25, 0.3) is 5.91 Å². The zero-order chi connectivity index (χ0) is 26.2. The minimum Gasteiger partial charge on any atom is -0.406 e. The second-order valence-electron chi connectivity index (χ2n) is 9.90. The smallest absolute Gasteiger partial charge is 0.406 e. The summed E-state index contributed by atoms with van der Waals surface area (Å²) in [6, 6.07) is 6.76. The molecule has 3 heterocycles. The van der Waals surface area contributed by atoms with Crippen LogP contribution in [0.4, 0.5) is 13.2 Å². The number of aromatic amines is 1. The van der Waals surface area contributed by atoms with Crippen LogP contribution in [0, 0.1) is 0 Å². The summed E-state index contributed by atoms with van der Waals surface area (Å²) >= 11 is 0. The number of aromatic nitrogens is 3. The molecule has 198 valence electrons. The third kappa shape index (κ3) is 5.66. The summed E-state index contributed by atoms with van der Waals surface area (Å²) in [4.78, 5) is 34.7. The first-order valence-corrected chi connectivity index (χ1v) is 12.6. The van der Waals surface area contributed by atoms with E-state index >= 15 is 0 Å². The van der Waals surface area contributed by atoms with Crippen molar-refractivity contribution >= 4 is 17.1 Å². The monoisotopic (exact) mass is 518 g/mol. The van der Waals surface area contributed by atoms with Gasteiger partial charge in [-0.15, -0.1) is 13.2 Å². The first-order valence-electron chi connectivity index (χ1n) is 12.6. The number of amides is 1. The van der Waals surface area contributed by atoms with Crippen molar-refractivity contribution in [1.29, 1.82) is 0 Å². The average Bonchev–Trinajstić information content (AvgIpc) is 3.03. The van der Waals surface area contributed by atoms with E-state index in [2.05, 4.69) is 14.7 Å². The molecule has 1 aromatic carbocycles. The Morgan fingerprint density at radius 3 is 2.49 bits per heavy atom. The Bertz CT molecular complexity index is 1310. The molecule has 5 rings (SSSR count). The fraction of sp³-hybridized carbons (Fsp3) is 0.500. The molecule has 8 nitrogen and oxygen atoms in total. The molecule has 1 saturated carbocycles. The largest absolute Gasteiger partial charge is 0.573 e. The van der Waals surface area contributed by atoms with Gasteiger partial charge in [0.1, 0.15) is 5.75 Å². The first kappa shape index (κ1) is 25.3. The van der Waals surface area contributed by atoms with Crippen LogP contribution in [-0.2, 0) is 0 Å². The molecule has 37 heavy (non-hydrogen) atoms. The molecule has 2 atom stereocenters. The molecule has 1 saturated heterocycles. The van der Waals surface area contributed by atoms with Gasteiger partial charge >= 0.3 is 12.1 Å². The van der Waals surface area contributed by atoms with Gasteiger partial charge in [0.05, 0.1) is 11.6 Å². The molecule has 0 spiro atoms. The fourth-order valence-corrected chi connectivity index (χ4v) is 5.55. The van der Waals surface area contributed by atoms with Crippen LogP contribution >= 0.6 is 0 Å². The first-order chi connectivity index (χ1) is 17.7. The van der Waals surface area contributed by atoms with Gasteiger partial charge in [0.2, 0.25) is 0 Å². The number of rotatable bonds is 4. The summed E-state index contributed by atoms with van der Waals surface area (Å²) in [5, 5.41) is 10.2. The lowest BCUT2D eigenvalue weighted by atomic mass is 9.92. The normalized spacial score (nSPS) is 21.7. The van der Waals surface area contributed by atoms with Crippen LogP contribution in [0.5, 0.6) is 5.75 Å². The zero-order valence-electron chi connectivity index (χ0n) is 20.2. The maximum atomic E-state index is 12.9. The minimum absolute atomic E-state index is 0.121. The Kier molecular flexibility index (Phi) is 6.98. The number of halogens is 3. The summed E-state index contributed by atoms with van der Waals surface area (Å²) < 4.78 is 42.7. The number of carbonyl (C=O) groups is 1. The van der Waals surface area contributed by atoms with E-state index in [-0.39, 0.29) is 41.0 Å². The highest BCUT2D eigenvalue weighted by Gasteiger charge is 2.31. The summed E-state index contributed by atoms with van der Waals surface area (Å²) in [5.74, 6) is -0.466. The molecule has 11 heteroatoms. The van der Waals surface area contributed by atoms with Crippen molar-refractivity contribution in [2.24, 2.45) is 0 Å². The Balaban J connectivity index is 1.29. The summed E-state index contributed by atoms with van der Waals surface area (Å²) in [7, 11) is 0. The van der Waals surface area contributed by atoms with Crippen LogP contribution in [-0.4, -0.2) is 56.0 Å². The van der Waals surface area contributed by atoms with Gasteiger partial charge < -0.3 is 14.7 Å². The summed E-state index contributed by atoms with van der Waals surface area (Å²) in [5.41, 5.74) is 2.29. The molecule has 0 bridgehead atoms. The van der Waals surface area contributed by atoms with Crippen molar-refractivity contribution in [2.75, 3.05) is 13.1 Å². The van der Waals surface area contributed by atoms with E-state index < -0.39 is 6.36 Å². The van der Waals surface area contributed by atoms with Crippen LogP contribution in [0.15, 0.2) is 41.3 Å². The number of nitrogens with zero attached hydrogens (tertiary/aromatic N) is 3. The number of aliphatic hydroxyl groups excluding tert-OH is 1. The lowest BCUT2D eigenvalue weighted by molar-refractivity contribution is -0.274. The van der Waals surface area contributed by atoms with Crippen molar-refractivity contribution in [3.8, 4) is 5.75 Å². The number of piperidine rings is 1. The van der Waals surface area contributed by atoms with E-state index in [9.17, 15) is 27.9 Å². The second kappa shape index (κ2) is 10.2. The number of imidazole rings is 1. The quantitative estimate of drug-likeness (QED) is 0.495. The Morgan fingerprint density at radius 2 is 1.78 bits per heavy atom. The number of benzene rings is 1. The molecule has 1 aliphatic carbocycles. The number of nitrogens with one attached hydrogen (secondary N) is 1. The maximum Gasteiger partial charge on any atom is 0.573 e. The standard InChI is InChI=1S/C26H29F3N4O4/c27-26(28,29)37-21-7-5-16(6-8-21)24(35)32-11-9-19(10-12-32)33-22-14-18(15-30-23(22)31-25(33)36)17-3-1-2-4-20(34)13-17/h5-8,14-15,17,19-20,34H,1-4,9-13H2,(H,30,31,36)/t17-,20?/m0/s1. The molecule has 2 N–H and O–H groups in total. The zero-order valence-corrected chi connectivity index (χ0v) is 20.2. The Labute approximate surface area is 211 Å². The van der Waals surface area contributed by atoms with Crippen molar-refractivity contribution in [3.63, 3.8) is 0 Å². The van der Waals surface area contributed by atoms with E-state index in [4.69, 9.17) is 0 Å². The fourth-order valence-electron chi connectivity index (χ4n) is 5.55. The second-order valence-corrected chi connectivity index (χ2v) is 9.90. The molecule has 1 aliphatic heterocycles. The van der Waals surface area contributed by atoms with Crippen LogP contribution in [0.25, 0.3) is 11.2 Å². The van der Waals surface area contributed by atoms with Crippen LogP contribution in [0.2, 0.25) is 0 Å². The molecular formula is C26H29F3N4O4. The molecular weight excluding hydrogens is 489 g/mol. The molecule has 1 unspecified atom stereocenters. The van der Waals surface area contributed by atoms with Crippen molar-refractivity contribution in [2.45, 2.75) is 69.4 Å². The Morgan fingerprint density at radius 1 is 1.08 bits per heavy atom. The van der Waals surface area contributed by atoms with E-state index in [0.717, 1.165) is 48.9 Å². The number of H-pyrrole nitrogens is 1. The van der Waals surface area contributed by atoms with Crippen LogP contribution in [0.3, 0.4) is 0 Å². The number of fused-ring (bicyclic) bond motifs is 1. The van der Waals surface area contributed by atoms with Gasteiger partial charge in [-0.05, 0) is 73.9 Å². The predicted molar refractivity (Wildman–Crippen MR) is 129 cm³/mol. The lowest BCUT2D eigenvalue weighted by Gasteiger charge is -2.32. The van der Waals surface area contributed by atoms with Crippen molar-refractivity contribution in [3.05, 3.63) is 58.1 Å². The number of alkyl halides is 3. The summed E-state index contributed by atoms with van der Waals surface area (Å²) in [6.07, 6.45) is 2.30. The summed E-state index contributed by atoms with van der Waals surface area (Å²) in [6.45, 7) is 0.816. The van der Waals surface area contributed by atoms with Gasteiger partial charge in [0.15, 0.2) is 5.65 Å². The SMILES string of the molecule is O=C(c1ccc(OC(F)(F)F)cc1)N1CCC(n2c(=O)[nH]c3ncc([C@H]4CCCCC(O)C4)cc32)CC1. The van der Waals surface area contributed by atoms with Gasteiger partial charge in [-0.25, -0.2) is 9.78 Å². The van der Waals surface area contributed by atoms with Gasteiger partial charge in [-0.2, -0.15) is 0 Å². The van der Waals surface area contributed by atoms with E-state index in [1.54, 1.807) is 15.7 Å². The Hall–Kier alpha value is -3.34. The highest BCUT2D eigenvalue weighted by molar-refractivity contribution is 5.94. The third-order valence-corrected chi connectivity index (χ3v) is 7.41. The van der Waals surface area contributed by atoms with Crippen LogP contribution in [0.1, 0.15) is 72.8 Å². The number of ether oxygens (including phenoxy) is 1. The maximum absolute atomic E-state index is 12.9. The molecule has 0 radical (unpaired) electrons. The molecule has 3 aromatic rings. The average molecular weight is 519 g/mol. The molecule has 1 amide bonds. The molecule has 2 aliphatic rings. The number of likely N-dealkylation sites (tertiary alicyclic amines) is 1. The van der Waals surface area contributed by atoms with Gasteiger partial charge in [-0.1, -0.05) is 12.8 Å². The number of aliphatic hydroxyl groups is 1. The number of hydrogen-bond donors (Lipinski definition) is 2.